The molecule has 1 aliphatic rings. The molecule has 4 nitrogen and oxygen atoms in total. The monoisotopic (exact) mass is 429 g/mol. The van der Waals surface area contributed by atoms with Gasteiger partial charge in [-0.15, -0.1) is 0 Å². The van der Waals surface area contributed by atoms with Gasteiger partial charge in [-0.1, -0.05) is 97.6 Å². The van der Waals surface area contributed by atoms with Gasteiger partial charge in [-0.05, 0) is 35.4 Å². The number of phenols is 1. The van der Waals surface area contributed by atoms with Crippen LogP contribution in [0.2, 0.25) is 0 Å². The lowest BCUT2D eigenvalue weighted by Gasteiger charge is -2.23. The molecule has 0 aromatic heterocycles. The first kappa shape index (κ1) is 25.4. The number of hydrogen-bond donors (Lipinski definition) is 1. The molecule has 1 aromatic rings. The van der Waals surface area contributed by atoms with Crippen molar-refractivity contribution >= 4 is 11.8 Å². The largest absolute Gasteiger partial charge is 0.507 e. The Balaban J connectivity index is 1.85. The maximum atomic E-state index is 13.0. The molecule has 1 N–H and O–H groups in total. The van der Waals surface area contributed by atoms with Gasteiger partial charge in [0.25, 0.3) is 0 Å². The van der Waals surface area contributed by atoms with Gasteiger partial charge in [0.1, 0.15) is 5.75 Å². The first-order chi connectivity index (χ1) is 14.7. The van der Waals surface area contributed by atoms with E-state index in [-0.39, 0.29) is 29.4 Å². The van der Waals surface area contributed by atoms with Crippen LogP contribution in [0.15, 0.2) is 12.1 Å². The fourth-order valence-electron chi connectivity index (χ4n) is 4.52. The molecule has 4 heteroatoms. The van der Waals surface area contributed by atoms with Crippen LogP contribution in [0.5, 0.6) is 5.75 Å². The normalized spacial score (nSPS) is 17.1. The van der Waals surface area contributed by atoms with Crippen LogP contribution in [0, 0.1) is 6.92 Å². The van der Waals surface area contributed by atoms with Crippen LogP contribution >= 0.6 is 0 Å². The first-order valence-electron chi connectivity index (χ1n) is 12.3. The predicted octanol–water partition coefficient (Wildman–Crippen LogP) is 6.76. The first-order valence-corrected chi connectivity index (χ1v) is 12.3. The van der Waals surface area contributed by atoms with E-state index in [9.17, 15) is 14.7 Å². The summed E-state index contributed by atoms with van der Waals surface area (Å²) in [5, 5.41) is 10.5. The van der Waals surface area contributed by atoms with Crippen molar-refractivity contribution in [1.29, 1.82) is 0 Å². The van der Waals surface area contributed by atoms with Crippen molar-refractivity contribution in [2.75, 3.05) is 6.54 Å². The Morgan fingerprint density at radius 1 is 0.935 bits per heavy atom. The third-order valence-electron chi connectivity index (χ3n) is 6.51. The topological polar surface area (TPSA) is 57.6 Å². The van der Waals surface area contributed by atoms with Crippen molar-refractivity contribution in [2.24, 2.45) is 0 Å². The van der Waals surface area contributed by atoms with Crippen molar-refractivity contribution < 1.29 is 14.7 Å². The molecule has 0 bridgehead atoms. The molecule has 2 amide bonds. The van der Waals surface area contributed by atoms with Crippen LogP contribution in [-0.4, -0.2) is 28.4 Å². The lowest BCUT2D eigenvalue weighted by molar-refractivity contribution is -0.138. The van der Waals surface area contributed by atoms with E-state index in [4.69, 9.17) is 0 Å². The number of hydrogen-bond acceptors (Lipinski definition) is 3. The minimum absolute atomic E-state index is 0.0611. The second-order valence-corrected chi connectivity index (χ2v) is 10.3. The number of carbonyl (C=O) groups excluding carboxylic acids is 2. The summed E-state index contributed by atoms with van der Waals surface area (Å²) in [6, 6.07) is 3.78. The summed E-state index contributed by atoms with van der Waals surface area (Å²) in [5.41, 5.74) is 2.21. The molecule has 2 rings (SSSR count). The van der Waals surface area contributed by atoms with Crippen molar-refractivity contribution in [3.63, 3.8) is 0 Å². The van der Waals surface area contributed by atoms with Crippen molar-refractivity contribution in [3.8, 4) is 5.75 Å². The van der Waals surface area contributed by atoms with Crippen LogP contribution < -0.4 is 0 Å². The van der Waals surface area contributed by atoms with Gasteiger partial charge in [0.05, 0.1) is 5.92 Å². The van der Waals surface area contributed by atoms with E-state index < -0.39 is 5.92 Å². The third-order valence-corrected chi connectivity index (χ3v) is 6.51. The molecule has 1 aromatic carbocycles. The maximum absolute atomic E-state index is 13.0. The Morgan fingerprint density at radius 3 is 2.03 bits per heavy atom. The molecule has 0 spiro atoms. The van der Waals surface area contributed by atoms with Crippen molar-refractivity contribution in [2.45, 2.75) is 117 Å². The molecule has 1 heterocycles. The van der Waals surface area contributed by atoms with E-state index in [2.05, 4.69) is 6.92 Å². The van der Waals surface area contributed by atoms with E-state index >= 15 is 0 Å². The van der Waals surface area contributed by atoms with Crippen LogP contribution in [0.4, 0.5) is 0 Å². The number of rotatable bonds is 12. The van der Waals surface area contributed by atoms with Gasteiger partial charge in [-0.2, -0.15) is 0 Å². The van der Waals surface area contributed by atoms with Crippen LogP contribution in [0.3, 0.4) is 0 Å². The Kier molecular flexibility index (Phi) is 9.58. The van der Waals surface area contributed by atoms with E-state index in [0.717, 1.165) is 29.5 Å². The number of aryl methyl sites for hydroxylation is 1. The highest BCUT2D eigenvalue weighted by molar-refractivity contribution is 6.06. The number of phenolic OH excluding ortho intramolecular Hbond substituents is 1. The smallest absolute Gasteiger partial charge is 0.237 e. The molecule has 0 radical (unpaired) electrons. The van der Waals surface area contributed by atoms with E-state index in [1.165, 1.54) is 56.3 Å². The number of amides is 2. The third kappa shape index (κ3) is 7.08. The Bertz CT molecular complexity index is 748. The average Bonchev–Trinajstić information content (AvgIpc) is 2.98. The van der Waals surface area contributed by atoms with Gasteiger partial charge < -0.3 is 5.11 Å². The van der Waals surface area contributed by atoms with E-state index in [1.54, 1.807) is 0 Å². The zero-order valence-electron chi connectivity index (χ0n) is 20.4. The number of imide groups is 1. The molecule has 1 atom stereocenters. The molecule has 1 fully saturated rings. The number of carbonyl (C=O) groups is 2. The molecule has 0 saturated carbocycles. The zero-order chi connectivity index (χ0) is 23.0. The average molecular weight is 430 g/mol. The van der Waals surface area contributed by atoms with Gasteiger partial charge in [0.15, 0.2) is 0 Å². The summed E-state index contributed by atoms with van der Waals surface area (Å²) in [7, 11) is 0. The Hall–Kier alpha value is -1.84. The van der Waals surface area contributed by atoms with E-state index in [0.29, 0.717) is 6.54 Å². The summed E-state index contributed by atoms with van der Waals surface area (Å²) >= 11 is 0. The number of unbranched alkanes of at least 4 members (excludes halogenated alkanes) is 9. The minimum Gasteiger partial charge on any atom is -0.507 e. The lowest BCUT2D eigenvalue weighted by Crippen LogP contribution is -2.31. The second kappa shape index (κ2) is 11.7. The SMILES string of the molecule is CCCCCCCCCCCCN1C(=O)CC(c2cc(C)c(O)c(C(C)(C)C)c2)C1=O. The predicted molar refractivity (Wildman–Crippen MR) is 127 cm³/mol. The van der Waals surface area contributed by atoms with Gasteiger partial charge in [-0.3, -0.25) is 14.5 Å². The Morgan fingerprint density at radius 2 is 1.48 bits per heavy atom. The minimum atomic E-state index is -0.420. The molecule has 0 aliphatic carbocycles. The fraction of sp³-hybridized carbons (Fsp3) is 0.704. The van der Waals surface area contributed by atoms with Crippen LogP contribution in [0.1, 0.15) is 121 Å². The summed E-state index contributed by atoms with van der Waals surface area (Å²) in [6.45, 7) is 10.8. The highest BCUT2D eigenvalue weighted by Crippen LogP contribution is 2.38. The summed E-state index contributed by atoms with van der Waals surface area (Å²) in [5.74, 6) is -0.272. The van der Waals surface area contributed by atoms with Crippen molar-refractivity contribution in [1.82, 2.24) is 4.90 Å². The maximum Gasteiger partial charge on any atom is 0.237 e. The molecular formula is C27H43NO3. The zero-order valence-corrected chi connectivity index (χ0v) is 20.4. The summed E-state index contributed by atoms with van der Waals surface area (Å²) < 4.78 is 0. The number of likely N-dealkylation sites (tertiary alicyclic amines) is 1. The van der Waals surface area contributed by atoms with Gasteiger partial charge in [-0.25, -0.2) is 0 Å². The quantitative estimate of drug-likeness (QED) is 0.295. The van der Waals surface area contributed by atoms with Crippen molar-refractivity contribution in [3.05, 3.63) is 28.8 Å². The molecule has 1 aliphatic heterocycles. The van der Waals surface area contributed by atoms with E-state index in [1.807, 2.05) is 39.8 Å². The standard InChI is InChI=1S/C27H43NO3/c1-6-7-8-9-10-11-12-13-14-15-16-28-24(29)19-22(26(28)31)21-17-20(2)25(30)23(18-21)27(3,4)5/h17-18,22,30H,6-16,19H2,1-5H3. The van der Waals surface area contributed by atoms with Crippen LogP contribution in [-0.2, 0) is 15.0 Å². The molecule has 174 valence electrons. The number of nitrogens with zero attached hydrogens (tertiary/aromatic N) is 1. The number of aromatic hydroxyl groups is 1. The lowest BCUT2D eigenvalue weighted by atomic mass is 9.82. The summed E-state index contributed by atoms with van der Waals surface area (Å²) in [6.07, 6.45) is 12.6. The fourth-order valence-corrected chi connectivity index (χ4v) is 4.52. The number of benzene rings is 1. The van der Waals surface area contributed by atoms with Gasteiger partial charge in [0, 0.05) is 13.0 Å². The molecule has 1 unspecified atom stereocenters. The molecular weight excluding hydrogens is 386 g/mol. The molecule has 31 heavy (non-hydrogen) atoms. The van der Waals surface area contributed by atoms with Gasteiger partial charge in [0.2, 0.25) is 11.8 Å². The molecule has 1 saturated heterocycles. The Labute approximate surface area is 189 Å². The van der Waals surface area contributed by atoms with Gasteiger partial charge >= 0.3 is 0 Å². The highest BCUT2D eigenvalue weighted by atomic mass is 16.3. The summed E-state index contributed by atoms with van der Waals surface area (Å²) in [4.78, 5) is 27.0. The van der Waals surface area contributed by atoms with Crippen LogP contribution in [0.25, 0.3) is 0 Å². The highest BCUT2D eigenvalue weighted by Gasteiger charge is 2.39. The second-order valence-electron chi connectivity index (χ2n) is 10.3.